The lowest BCUT2D eigenvalue weighted by molar-refractivity contribution is 1.32. The maximum Gasteiger partial charge on any atom is 0.0890 e. The Labute approximate surface area is 92.4 Å². The molecule has 1 aromatic carbocycles. The van der Waals surface area contributed by atoms with Gasteiger partial charge in [-0.2, -0.15) is 0 Å². The van der Waals surface area contributed by atoms with E-state index < -0.39 is 0 Å². The summed E-state index contributed by atoms with van der Waals surface area (Å²) in [5.41, 5.74) is 3.38. The molecule has 0 saturated carbocycles. The SMILES string of the molecule is c1ccc(N2SNc3cnccc32)cc1. The lowest BCUT2D eigenvalue weighted by Gasteiger charge is -2.15. The van der Waals surface area contributed by atoms with Gasteiger partial charge in [-0.15, -0.1) is 0 Å². The first-order valence-corrected chi connectivity index (χ1v) is 5.45. The maximum absolute atomic E-state index is 4.08. The minimum Gasteiger partial charge on any atom is -0.308 e. The first kappa shape index (κ1) is 8.61. The van der Waals surface area contributed by atoms with Gasteiger partial charge in [0, 0.05) is 6.20 Å². The molecule has 74 valence electrons. The fourth-order valence-corrected chi connectivity index (χ4v) is 2.37. The predicted molar refractivity (Wildman–Crippen MR) is 64.0 cm³/mol. The predicted octanol–water partition coefficient (Wildman–Crippen LogP) is 3.21. The highest BCUT2D eigenvalue weighted by Gasteiger charge is 2.20. The molecule has 4 heteroatoms. The molecule has 0 radical (unpaired) electrons. The fraction of sp³-hybridized carbons (Fsp3) is 0. The number of hydrogen-bond acceptors (Lipinski definition) is 4. The molecule has 0 spiro atoms. The fourth-order valence-electron chi connectivity index (χ4n) is 1.54. The Balaban J connectivity index is 2.05. The molecule has 1 aliphatic heterocycles. The van der Waals surface area contributed by atoms with Gasteiger partial charge < -0.3 is 4.72 Å². The van der Waals surface area contributed by atoms with Crippen molar-refractivity contribution in [3.05, 3.63) is 48.8 Å². The van der Waals surface area contributed by atoms with Crippen molar-refractivity contribution >= 4 is 29.2 Å². The van der Waals surface area contributed by atoms with E-state index in [2.05, 4.69) is 26.1 Å². The van der Waals surface area contributed by atoms with Crippen LogP contribution in [-0.4, -0.2) is 4.98 Å². The zero-order valence-electron chi connectivity index (χ0n) is 7.92. The number of fused-ring (bicyclic) bond motifs is 1. The van der Waals surface area contributed by atoms with Crippen LogP contribution >= 0.6 is 12.1 Å². The van der Waals surface area contributed by atoms with Crippen LogP contribution in [0.3, 0.4) is 0 Å². The molecule has 3 nitrogen and oxygen atoms in total. The van der Waals surface area contributed by atoms with Gasteiger partial charge in [0.1, 0.15) is 0 Å². The maximum atomic E-state index is 4.08. The number of pyridine rings is 1. The standard InChI is InChI=1S/C11H9N3S/c1-2-4-9(5-3-1)14-11-6-7-12-8-10(11)13-15-14/h1-8,13H. The van der Waals surface area contributed by atoms with E-state index in [4.69, 9.17) is 0 Å². The van der Waals surface area contributed by atoms with Crippen molar-refractivity contribution in [1.82, 2.24) is 4.98 Å². The van der Waals surface area contributed by atoms with Crippen molar-refractivity contribution in [3.8, 4) is 0 Å². The molecule has 1 aliphatic rings. The Morgan fingerprint density at radius 3 is 2.87 bits per heavy atom. The molecule has 1 aromatic heterocycles. The van der Waals surface area contributed by atoms with Gasteiger partial charge in [-0.05, 0) is 18.2 Å². The zero-order chi connectivity index (χ0) is 10.1. The summed E-state index contributed by atoms with van der Waals surface area (Å²) in [6.07, 6.45) is 3.65. The van der Waals surface area contributed by atoms with Gasteiger partial charge in [-0.1, -0.05) is 18.2 Å². The van der Waals surface area contributed by atoms with Crippen molar-refractivity contribution in [3.63, 3.8) is 0 Å². The van der Waals surface area contributed by atoms with Crippen LogP contribution in [0.4, 0.5) is 17.1 Å². The molecular formula is C11H9N3S. The Bertz CT molecular complexity index is 472. The zero-order valence-corrected chi connectivity index (χ0v) is 8.74. The molecule has 2 heterocycles. The molecule has 2 aromatic rings. The van der Waals surface area contributed by atoms with Crippen LogP contribution in [0.5, 0.6) is 0 Å². The van der Waals surface area contributed by atoms with Gasteiger partial charge in [0.05, 0.1) is 35.4 Å². The van der Waals surface area contributed by atoms with Gasteiger partial charge in [0.2, 0.25) is 0 Å². The summed E-state index contributed by atoms with van der Waals surface area (Å²) in [5, 5.41) is 0. The number of rotatable bonds is 1. The van der Waals surface area contributed by atoms with Crippen LogP contribution in [0.15, 0.2) is 48.8 Å². The summed E-state index contributed by atoms with van der Waals surface area (Å²) in [7, 11) is 0. The number of benzene rings is 1. The second-order valence-corrected chi connectivity index (χ2v) is 3.97. The summed E-state index contributed by atoms with van der Waals surface area (Å²) >= 11 is 1.57. The van der Waals surface area contributed by atoms with Gasteiger partial charge in [-0.25, -0.2) is 0 Å². The van der Waals surface area contributed by atoms with E-state index in [0.29, 0.717) is 0 Å². The number of para-hydroxylation sites is 1. The van der Waals surface area contributed by atoms with Crippen molar-refractivity contribution in [2.45, 2.75) is 0 Å². The summed E-state index contributed by atoms with van der Waals surface area (Å²) in [6.45, 7) is 0. The van der Waals surface area contributed by atoms with E-state index in [9.17, 15) is 0 Å². The summed E-state index contributed by atoms with van der Waals surface area (Å²) in [6, 6.07) is 12.3. The smallest absolute Gasteiger partial charge is 0.0890 e. The summed E-state index contributed by atoms with van der Waals surface area (Å²) < 4.78 is 5.38. The molecule has 3 rings (SSSR count). The van der Waals surface area contributed by atoms with Gasteiger partial charge in [-0.3, -0.25) is 9.29 Å². The third-order valence-electron chi connectivity index (χ3n) is 2.25. The molecular weight excluding hydrogens is 206 g/mol. The second-order valence-electron chi connectivity index (χ2n) is 3.22. The van der Waals surface area contributed by atoms with E-state index in [1.807, 2.05) is 36.7 Å². The largest absolute Gasteiger partial charge is 0.308 e. The average Bonchev–Trinajstić information content (AvgIpc) is 2.74. The molecule has 0 unspecified atom stereocenters. The molecule has 15 heavy (non-hydrogen) atoms. The lowest BCUT2D eigenvalue weighted by Crippen LogP contribution is -2.01. The van der Waals surface area contributed by atoms with E-state index in [1.165, 1.54) is 5.69 Å². The Hall–Kier alpha value is -1.68. The number of nitrogens with one attached hydrogen (secondary N) is 1. The van der Waals surface area contributed by atoms with E-state index in [-0.39, 0.29) is 0 Å². The van der Waals surface area contributed by atoms with Crippen LogP contribution in [0.1, 0.15) is 0 Å². The van der Waals surface area contributed by atoms with E-state index >= 15 is 0 Å². The third-order valence-corrected chi connectivity index (χ3v) is 3.16. The molecule has 0 aliphatic carbocycles. The number of nitrogens with zero attached hydrogens (tertiary/aromatic N) is 2. The van der Waals surface area contributed by atoms with Crippen molar-refractivity contribution in [2.24, 2.45) is 0 Å². The highest BCUT2D eigenvalue weighted by Crippen LogP contribution is 2.43. The Kier molecular flexibility index (Phi) is 1.99. The first-order valence-electron chi connectivity index (χ1n) is 4.67. The summed E-state index contributed by atoms with van der Waals surface area (Å²) in [5.74, 6) is 0. The van der Waals surface area contributed by atoms with Crippen LogP contribution in [0.2, 0.25) is 0 Å². The minimum absolute atomic E-state index is 1.06. The van der Waals surface area contributed by atoms with Crippen LogP contribution in [0.25, 0.3) is 0 Å². The summed E-state index contributed by atoms with van der Waals surface area (Å²) in [4.78, 5) is 4.08. The van der Waals surface area contributed by atoms with E-state index in [0.717, 1.165) is 11.4 Å². The molecule has 0 fully saturated rings. The van der Waals surface area contributed by atoms with Crippen molar-refractivity contribution in [1.29, 1.82) is 0 Å². The highest BCUT2D eigenvalue weighted by molar-refractivity contribution is 8.02. The third kappa shape index (κ3) is 1.43. The van der Waals surface area contributed by atoms with Crippen LogP contribution < -0.4 is 9.03 Å². The van der Waals surface area contributed by atoms with Crippen LogP contribution in [0, 0.1) is 0 Å². The van der Waals surface area contributed by atoms with Crippen LogP contribution in [-0.2, 0) is 0 Å². The van der Waals surface area contributed by atoms with Crippen molar-refractivity contribution in [2.75, 3.05) is 9.03 Å². The highest BCUT2D eigenvalue weighted by atomic mass is 32.2. The Morgan fingerprint density at radius 1 is 1.13 bits per heavy atom. The Morgan fingerprint density at radius 2 is 2.00 bits per heavy atom. The molecule has 0 amide bonds. The number of aromatic nitrogens is 1. The second kappa shape index (κ2) is 3.47. The van der Waals surface area contributed by atoms with Gasteiger partial charge >= 0.3 is 0 Å². The van der Waals surface area contributed by atoms with Gasteiger partial charge in [0.15, 0.2) is 0 Å². The quantitative estimate of drug-likeness (QED) is 0.739. The monoisotopic (exact) mass is 215 g/mol. The molecule has 0 saturated heterocycles. The normalized spacial score (nSPS) is 13.5. The van der Waals surface area contributed by atoms with E-state index in [1.54, 1.807) is 12.1 Å². The van der Waals surface area contributed by atoms with Crippen molar-refractivity contribution < 1.29 is 0 Å². The first-order chi connectivity index (χ1) is 7.45. The number of hydrogen-bond donors (Lipinski definition) is 1. The minimum atomic E-state index is 1.06. The molecule has 1 N–H and O–H groups in total. The lowest BCUT2D eigenvalue weighted by atomic mass is 10.3. The molecule has 0 atom stereocenters. The number of anilines is 3. The van der Waals surface area contributed by atoms with Gasteiger partial charge in [0.25, 0.3) is 0 Å². The average molecular weight is 215 g/mol. The molecule has 0 bridgehead atoms. The topological polar surface area (TPSA) is 28.2 Å².